The predicted octanol–water partition coefficient (Wildman–Crippen LogP) is 4.71. The van der Waals surface area contributed by atoms with Gasteiger partial charge in [-0.1, -0.05) is 17.9 Å². The highest BCUT2D eigenvalue weighted by Gasteiger charge is 2.15. The predicted molar refractivity (Wildman–Crippen MR) is 166 cm³/mol. The minimum Gasteiger partial charge on any atom is -0.384 e. The van der Waals surface area contributed by atoms with E-state index in [4.69, 9.17) is 9.72 Å². The Morgan fingerprint density at radius 3 is 2.78 bits per heavy atom. The Morgan fingerprint density at radius 2 is 2.00 bits per heavy atom. The van der Waals surface area contributed by atoms with Gasteiger partial charge in [0.15, 0.2) is 0 Å². The van der Waals surface area contributed by atoms with Gasteiger partial charge in [0.2, 0.25) is 5.95 Å². The number of aromatic nitrogens is 3. The molecule has 0 saturated carbocycles. The number of hydrogen-bond donors (Lipinski definition) is 2. The number of benzene rings is 1. The van der Waals surface area contributed by atoms with Crippen molar-refractivity contribution in [2.75, 3.05) is 50.1 Å². The van der Waals surface area contributed by atoms with Crippen molar-refractivity contribution in [3.63, 3.8) is 0 Å². The quantitative estimate of drug-likeness (QED) is 0.299. The zero-order valence-electron chi connectivity index (χ0n) is 23.3. The largest absolute Gasteiger partial charge is 0.384 e. The third-order valence-electron chi connectivity index (χ3n) is 7.53. The molecule has 0 atom stereocenters. The molecule has 2 aliphatic rings. The van der Waals surface area contributed by atoms with Crippen molar-refractivity contribution in [1.82, 2.24) is 19.9 Å². The number of piperazine rings is 1. The number of nitrogens with zero attached hydrogens (tertiary/aromatic N) is 4. The van der Waals surface area contributed by atoms with Crippen LogP contribution in [-0.4, -0.2) is 54.4 Å². The molecule has 2 N–H and O–H groups in total. The molecular weight excluding hydrogens is 532 g/mol. The maximum Gasteiger partial charge on any atom is 0.268 e. The highest BCUT2D eigenvalue weighted by Crippen LogP contribution is 2.23. The Bertz CT molecular complexity index is 1670. The molecular formula is C32H34N6O2S. The number of rotatable bonds is 8. The standard InChI is InChI=1S/C32H34N6O2S/c1-40-18-12-29-25(13-19-41-29)22-38-30-26(20-24(31(38)39)7-6-23-4-2-3-5-23)21-34-32(36-30)35-27-8-10-28(11-9-27)37-16-14-33-15-17-37/h4,8-11,13,19-21,33H,2-3,5,12,14-18,22H2,1H3,(H,34,35,36). The molecule has 0 spiro atoms. The van der Waals surface area contributed by atoms with E-state index in [2.05, 4.69) is 62.0 Å². The van der Waals surface area contributed by atoms with Gasteiger partial charge in [-0.25, -0.2) is 4.98 Å². The monoisotopic (exact) mass is 566 g/mol. The lowest BCUT2D eigenvalue weighted by molar-refractivity contribution is 0.203. The number of methoxy groups -OCH3 is 1. The Labute approximate surface area is 244 Å². The van der Waals surface area contributed by atoms with Crippen molar-refractivity contribution < 1.29 is 4.74 Å². The summed E-state index contributed by atoms with van der Waals surface area (Å²) in [5.74, 6) is 6.82. The SMILES string of the molecule is COCCc1sccc1Cn1c(=O)c(C#CC2=CCCC2)cc2cnc(Nc3ccc(N4CCNCC4)cc3)nc21. The van der Waals surface area contributed by atoms with E-state index in [1.165, 1.54) is 10.6 Å². The fourth-order valence-electron chi connectivity index (χ4n) is 5.29. The lowest BCUT2D eigenvalue weighted by atomic mass is 10.1. The molecule has 0 radical (unpaired) electrons. The lowest BCUT2D eigenvalue weighted by Crippen LogP contribution is -2.43. The van der Waals surface area contributed by atoms with Crippen molar-refractivity contribution in [1.29, 1.82) is 0 Å². The van der Waals surface area contributed by atoms with E-state index in [0.717, 1.165) is 74.1 Å². The summed E-state index contributed by atoms with van der Waals surface area (Å²) in [6.45, 7) is 5.03. The van der Waals surface area contributed by atoms with Gasteiger partial charge in [-0.3, -0.25) is 9.36 Å². The average molecular weight is 567 g/mol. The summed E-state index contributed by atoms with van der Waals surface area (Å²) in [6, 6.07) is 12.2. The van der Waals surface area contributed by atoms with Crippen LogP contribution in [0.3, 0.4) is 0 Å². The molecule has 0 unspecified atom stereocenters. The Morgan fingerprint density at radius 1 is 1.15 bits per heavy atom. The molecule has 1 saturated heterocycles. The van der Waals surface area contributed by atoms with Gasteiger partial charge >= 0.3 is 0 Å². The van der Waals surface area contributed by atoms with Gasteiger partial charge in [0, 0.05) is 67.5 Å². The van der Waals surface area contributed by atoms with Crippen LogP contribution in [-0.2, 0) is 17.7 Å². The van der Waals surface area contributed by atoms with Crippen LogP contribution in [0.4, 0.5) is 17.3 Å². The van der Waals surface area contributed by atoms with Gasteiger partial charge < -0.3 is 20.3 Å². The van der Waals surface area contributed by atoms with Crippen LogP contribution in [0, 0.1) is 11.8 Å². The van der Waals surface area contributed by atoms with Crippen molar-refractivity contribution in [2.24, 2.45) is 0 Å². The number of thiophene rings is 1. The minimum atomic E-state index is -0.141. The van der Waals surface area contributed by atoms with Crippen molar-refractivity contribution in [2.45, 2.75) is 32.2 Å². The summed E-state index contributed by atoms with van der Waals surface area (Å²) in [7, 11) is 1.71. The molecule has 6 rings (SSSR count). The molecule has 4 aromatic rings. The number of pyridine rings is 1. The molecule has 210 valence electrons. The molecule has 8 nitrogen and oxygen atoms in total. The van der Waals surface area contributed by atoms with Crippen LogP contribution in [0.25, 0.3) is 11.0 Å². The highest BCUT2D eigenvalue weighted by molar-refractivity contribution is 7.10. The first-order valence-corrected chi connectivity index (χ1v) is 15.0. The normalized spacial score (nSPS) is 15.0. The number of fused-ring (bicyclic) bond motifs is 1. The molecule has 0 amide bonds. The third kappa shape index (κ3) is 6.35. The Hall–Kier alpha value is -3.97. The summed E-state index contributed by atoms with van der Waals surface area (Å²) in [4.78, 5) is 26.8. The Balaban J connectivity index is 1.34. The maximum absolute atomic E-state index is 13.8. The summed E-state index contributed by atoms with van der Waals surface area (Å²) < 4.78 is 7.05. The van der Waals surface area contributed by atoms with Gasteiger partial charge in [-0.15, -0.1) is 11.3 Å². The molecule has 1 aliphatic carbocycles. The first-order valence-electron chi connectivity index (χ1n) is 14.2. The van der Waals surface area contributed by atoms with Crippen LogP contribution < -0.4 is 21.1 Å². The molecule has 1 aromatic carbocycles. The van der Waals surface area contributed by atoms with E-state index >= 15 is 0 Å². The van der Waals surface area contributed by atoms with Crippen LogP contribution in [0.15, 0.2) is 64.4 Å². The van der Waals surface area contributed by atoms with Crippen molar-refractivity contribution in [3.05, 3.63) is 86.0 Å². The van der Waals surface area contributed by atoms with E-state index in [0.29, 0.717) is 30.3 Å². The van der Waals surface area contributed by atoms with Gasteiger partial charge in [0.05, 0.1) is 18.7 Å². The molecule has 4 heterocycles. The zero-order chi connectivity index (χ0) is 28.0. The Kier molecular flexibility index (Phi) is 8.42. The summed E-state index contributed by atoms with van der Waals surface area (Å²) >= 11 is 1.68. The lowest BCUT2D eigenvalue weighted by Gasteiger charge is -2.29. The summed E-state index contributed by atoms with van der Waals surface area (Å²) in [6.07, 6.45) is 7.88. The number of allylic oxidation sites excluding steroid dienone is 2. The van der Waals surface area contributed by atoms with Gasteiger partial charge in [0.1, 0.15) is 5.65 Å². The number of hydrogen-bond acceptors (Lipinski definition) is 8. The van der Waals surface area contributed by atoms with Crippen LogP contribution in [0.5, 0.6) is 0 Å². The highest BCUT2D eigenvalue weighted by atomic mass is 32.1. The van der Waals surface area contributed by atoms with E-state index < -0.39 is 0 Å². The molecule has 3 aromatic heterocycles. The van der Waals surface area contributed by atoms with Gasteiger partial charge in [-0.05, 0) is 72.2 Å². The van der Waals surface area contributed by atoms with E-state index in [1.54, 1.807) is 29.2 Å². The van der Waals surface area contributed by atoms with Crippen LogP contribution in [0.2, 0.25) is 0 Å². The van der Waals surface area contributed by atoms with Crippen LogP contribution in [0.1, 0.15) is 35.3 Å². The maximum atomic E-state index is 13.8. The first-order chi connectivity index (χ1) is 20.2. The van der Waals surface area contributed by atoms with Crippen molar-refractivity contribution in [3.8, 4) is 11.8 Å². The first kappa shape index (κ1) is 27.2. The smallest absolute Gasteiger partial charge is 0.268 e. The number of anilines is 3. The van der Waals surface area contributed by atoms with E-state index in [-0.39, 0.29) is 5.56 Å². The van der Waals surface area contributed by atoms with Crippen molar-refractivity contribution >= 4 is 39.7 Å². The second-order valence-corrected chi connectivity index (χ2v) is 11.3. The molecule has 1 aliphatic heterocycles. The molecule has 1 fully saturated rings. The number of nitrogens with one attached hydrogen (secondary N) is 2. The topological polar surface area (TPSA) is 84.3 Å². The van der Waals surface area contributed by atoms with Gasteiger partial charge in [-0.2, -0.15) is 4.98 Å². The zero-order valence-corrected chi connectivity index (χ0v) is 24.1. The van der Waals surface area contributed by atoms with Crippen LogP contribution >= 0.6 is 11.3 Å². The van der Waals surface area contributed by atoms with E-state index in [9.17, 15) is 4.79 Å². The molecule has 41 heavy (non-hydrogen) atoms. The average Bonchev–Trinajstić information content (AvgIpc) is 3.70. The fraction of sp³-hybridized carbons (Fsp3) is 0.344. The number of ether oxygens (including phenoxy) is 1. The summed E-state index contributed by atoms with van der Waals surface area (Å²) in [5, 5.41) is 9.57. The van der Waals surface area contributed by atoms with E-state index in [1.807, 2.05) is 18.2 Å². The summed E-state index contributed by atoms with van der Waals surface area (Å²) in [5.41, 5.74) is 5.20. The molecule has 9 heteroatoms. The van der Waals surface area contributed by atoms with Gasteiger partial charge in [0.25, 0.3) is 5.56 Å². The fourth-order valence-corrected chi connectivity index (χ4v) is 6.17. The third-order valence-corrected chi connectivity index (χ3v) is 8.55. The molecule has 0 bridgehead atoms. The minimum absolute atomic E-state index is 0.141. The second-order valence-electron chi connectivity index (χ2n) is 10.3. The second kappa shape index (κ2) is 12.7.